The number of fused-ring (bicyclic) bond motifs is 4. The van der Waals surface area contributed by atoms with Crippen LogP contribution in [0.25, 0.3) is 0 Å². The molecule has 0 bridgehead atoms. The largest absolute Gasteiger partial charge is 0.326 e. The van der Waals surface area contributed by atoms with Crippen molar-refractivity contribution in [3.05, 3.63) is 64.7 Å². The number of nitrogens with zero attached hydrogens (tertiary/aromatic N) is 2. The van der Waals surface area contributed by atoms with Gasteiger partial charge in [-0.3, -0.25) is 19.3 Å². The van der Waals surface area contributed by atoms with Crippen LogP contribution in [0.1, 0.15) is 44.2 Å². The standard InChI is InChI=1S/C26H28ClN3O3/c1-3-5-14-29-23(31)21-19(4-2)28-26(22(21)24(29)32)17-11-7-9-13-20(17)30(25(26)33)15-16-10-6-8-12-18(16)27/h6-13,19,21-22,28H,3-5,14-15H2,1-2H3/p+1. The summed E-state index contributed by atoms with van der Waals surface area (Å²) >= 11 is 6.42. The number of amides is 3. The van der Waals surface area contributed by atoms with E-state index in [0.717, 1.165) is 29.7 Å². The summed E-state index contributed by atoms with van der Waals surface area (Å²) in [6, 6.07) is 15.1. The van der Waals surface area contributed by atoms with Crippen LogP contribution in [0.2, 0.25) is 5.02 Å². The van der Waals surface area contributed by atoms with Crippen molar-refractivity contribution < 1.29 is 19.7 Å². The Labute approximate surface area is 198 Å². The van der Waals surface area contributed by atoms with Crippen LogP contribution in [0.15, 0.2) is 48.5 Å². The highest BCUT2D eigenvalue weighted by Gasteiger charge is 2.74. The zero-order valence-electron chi connectivity index (χ0n) is 19.0. The average molecular weight is 467 g/mol. The van der Waals surface area contributed by atoms with E-state index in [0.29, 0.717) is 24.5 Å². The van der Waals surface area contributed by atoms with Crippen molar-refractivity contribution in [1.29, 1.82) is 0 Å². The Morgan fingerprint density at radius 3 is 2.42 bits per heavy atom. The fourth-order valence-electron chi connectivity index (χ4n) is 6.04. The number of likely N-dealkylation sites (tertiary alicyclic amines) is 1. The van der Waals surface area contributed by atoms with Crippen molar-refractivity contribution >= 4 is 35.0 Å². The van der Waals surface area contributed by atoms with Crippen LogP contribution < -0.4 is 10.2 Å². The lowest BCUT2D eigenvalue weighted by Gasteiger charge is -2.27. The third kappa shape index (κ3) is 3.07. The van der Waals surface area contributed by atoms with Gasteiger partial charge in [-0.1, -0.05) is 68.3 Å². The van der Waals surface area contributed by atoms with Gasteiger partial charge in [0, 0.05) is 17.1 Å². The van der Waals surface area contributed by atoms with Gasteiger partial charge in [0.15, 0.2) is 0 Å². The maximum atomic E-state index is 14.2. The molecule has 0 saturated carbocycles. The second kappa shape index (κ2) is 8.26. The summed E-state index contributed by atoms with van der Waals surface area (Å²) in [5.74, 6) is -1.61. The minimum absolute atomic E-state index is 0.115. The van der Waals surface area contributed by atoms with Crippen LogP contribution in [0.4, 0.5) is 5.69 Å². The predicted molar refractivity (Wildman–Crippen MR) is 125 cm³/mol. The predicted octanol–water partition coefficient (Wildman–Crippen LogP) is 2.84. The van der Waals surface area contributed by atoms with Gasteiger partial charge in [0.05, 0.1) is 18.3 Å². The number of benzene rings is 2. The number of quaternary nitrogens is 1. The Balaban J connectivity index is 1.61. The van der Waals surface area contributed by atoms with E-state index in [2.05, 4.69) is 0 Å². The van der Waals surface area contributed by atoms with Gasteiger partial charge < -0.3 is 10.2 Å². The number of anilines is 1. The highest BCUT2D eigenvalue weighted by Crippen LogP contribution is 2.51. The van der Waals surface area contributed by atoms with Gasteiger partial charge in [-0.25, -0.2) is 0 Å². The molecule has 2 fully saturated rings. The summed E-state index contributed by atoms with van der Waals surface area (Å²) < 4.78 is 0. The Bertz CT molecular complexity index is 1140. The zero-order valence-corrected chi connectivity index (χ0v) is 19.7. The maximum absolute atomic E-state index is 14.2. The van der Waals surface area contributed by atoms with Crippen molar-refractivity contribution in [1.82, 2.24) is 4.90 Å². The second-order valence-corrected chi connectivity index (χ2v) is 9.70. The summed E-state index contributed by atoms with van der Waals surface area (Å²) in [6.45, 7) is 4.81. The second-order valence-electron chi connectivity index (χ2n) is 9.29. The Kier molecular flexibility index (Phi) is 5.53. The first-order valence-corrected chi connectivity index (χ1v) is 12.2. The molecule has 0 aromatic heterocycles. The lowest BCUT2D eigenvalue weighted by atomic mass is 9.76. The van der Waals surface area contributed by atoms with Crippen LogP contribution in [0, 0.1) is 11.8 Å². The van der Waals surface area contributed by atoms with Crippen molar-refractivity contribution in [3.63, 3.8) is 0 Å². The molecule has 6 nitrogen and oxygen atoms in total. The van der Waals surface area contributed by atoms with Gasteiger partial charge in [0.2, 0.25) is 17.4 Å². The molecule has 172 valence electrons. The molecule has 3 aliphatic heterocycles. The third-order valence-electron chi connectivity index (χ3n) is 7.60. The number of hydrogen-bond acceptors (Lipinski definition) is 3. The molecule has 2 N–H and O–H groups in total. The Morgan fingerprint density at radius 1 is 0.970 bits per heavy atom. The average Bonchev–Trinajstić information content (AvgIpc) is 3.38. The molecule has 4 atom stereocenters. The first-order chi connectivity index (χ1) is 16.0. The molecule has 0 aliphatic carbocycles. The van der Waals surface area contributed by atoms with Crippen molar-refractivity contribution in [2.24, 2.45) is 11.8 Å². The van der Waals surface area contributed by atoms with Gasteiger partial charge in [-0.05, 0) is 30.5 Å². The minimum Gasteiger partial charge on any atom is -0.326 e. The van der Waals surface area contributed by atoms with E-state index in [4.69, 9.17) is 11.6 Å². The zero-order chi connectivity index (χ0) is 23.3. The molecule has 3 amide bonds. The monoisotopic (exact) mass is 466 g/mol. The van der Waals surface area contributed by atoms with Crippen LogP contribution in [-0.2, 0) is 26.5 Å². The summed E-state index contributed by atoms with van der Waals surface area (Å²) in [5.41, 5.74) is 1.35. The molecule has 7 heteroatoms. The van der Waals surface area contributed by atoms with Gasteiger partial charge >= 0.3 is 0 Å². The SMILES string of the molecule is CCCCN1C(=O)C2C(CC)[NH2+]C3(C(=O)N(Cc4ccccc4Cl)c4ccccc43)C2C1=O. The molecule has 3 aliphatic rings. The van der Waals surface area contributed by atoms with E-state index < -0.39 is 17.4 Å². The van der Waals surface area contributed by atoms with Gasteiger partial charge in [0.1, 0.15) is 11.8 Å². The van der Waals surface area contributed by atoms with Crippen LogP contribution >= 0.6 is 11.6 Å². The summed E-state index contributed by atoms with van der Waals surface area (Å²) in [4.78, 5) is 44.5. The molecule has 3 heterocycles. The van der Waals surface area contributed by atoms with Crippen LogP contribution in [0.3, 0.4) is 0 Å². The number of unbranched alkanes of at least 4 members (excludes halogenated alkanes) is 1. The number of rotatable bonds is 6. The number of hydrogen-bond donors (Lipinski definition) is 1. The maximum Gasteiger partial charge on any atom is 0.294 e. The summed E-state index contributed by atoms with van der Waals surface area (Å²) in [7, 11) is 0. The van der Waals surface area contributed by atoms with Crippen molar-refractivity contribution in [3.8, 4) is 0 Å². The number of carbonyl (C=O) groups excluding carboxylic acids is 3. The number of nitrogens with two attached hydrogens (primary N) is 1. The first kappa shape index (κ1) is 22.1. The van der Waals surface area contributed by atoms with Gasteiger partial charge in [-0.2, -0.15) is 0 Å². The molecule has 0 radical (unpaired) electrons. The summed E-state index contributed by atoms with van der Waals surface area (Å²) in [5, 5.41) is 2.62. The fourth-order valence-corrected chi connectivity index (χ4v) is 6.23. The van der Waals surface area contributed by atoms with E-state index >= 15 is 0 Å². The van der Waals surface area contributed by atoms with E-state index in [1.54, 1.807) is 4.90 Å². The molecular formula is C26H29ClN3O3+. The number of carbonyl (C=O) groups is 3. The number of halogens is 1. The number of para-hydroxylation sites is 1. The Hall–Kier alpha value is -2.70. The molecule has 1 spiro atoms. The van der Waals surface area contributed by atoms with E-state index in [1.165, 1.54) is 4.90 Å². The fraction of sp³-hybridized carbons (Fsp3) is 0.423. The van der Waals surface area contributed by atoms with Gasteiger partial charge in [-0.15, -0.1) is 0 Å². The van der Waals surface area contributed by atoms with E-state index in [9.17, 15) is 14.4 Å². The number of imide groups is 1. The van der Waals surface area contributed by atoms with Gasteiger partial charge in [0.25, 0.3) is 5.91 Å². The van der Waals surface area contributed by atoms with E-state index in [-0.39, 0.29) is 23.8 Å². The van der Waals surface area contributed by atoms with Crippen LogP contribution in [-0.4, -0.2) is 35.2 Å². The lowest BCUT2D eigenvalue weighted by Crippen LogP contribution is -2.99. The smallest absolute Gasteiger partial charge is 0.294 e. The molecule has 33 heavy (non-hydrogen) atoms. The lowest BCUT2D eigenvalue weighted by molar-refractivity contribution is -0.733. The van der Waals surface area contributed by atoms with Crippen molar-refractivity contribution in [2.45, 2.75) is 51.2 Å². The topological polar surface area (TPSA) is 74.3 Å². The molecule has 5 rings (SSSR count). The third-order valence-corrected chi connectivity index (χ3v) is 7.97. The molecular weight excluding hydrogens is 438 g/mol. The van der Waals surface area contributed by atoms with E-state index in [1.807, 2.05) is 67.7 Å². The molecule has 4 unspecified atom stereocenters. The molecule has 2 aromatic carbocycles. The quantitative estimate of drug-likeness (QED) is 0.665. The summed E-state index contributed by atoms with van der Waals surface area (Å²) in [6.07, 6.45) is 2.38. The minimum atomic E-state index is -1.11. The molecule has 2 aromatic rings. The first-order valence-electron chi connectivity index (χ1n) is 11.8. The molecule has 2 saturated heterocycles. The van der Waals surface area contributed by atoms with Crippen molar-refractivity contribution in [2.75, 3.05) is 11.4 Å². The highest BCUT2D eigenvalue weighted by molar-refractivity contribution is 6.31. The van der Waals surface area contributed by atoms with Crippen LogP contribution in [0.5, 0.6) is 0 Å². The highest BCUT2D eigenvalue weighted by atomic mass is 35.5. The Morgan fingerprint density at radius 2 is 1.70 bits per heavy atom. The normalized spacial score (nSPS) is 28.2.